The number of hydrogen-bond acceptors (Lipinski definition) is 4. The maximum atomic E-state index is 13.2. The molecule has 0 radical (unpaired) electrons. The summed E-state index contributed by atoms with van der Waals surface area (Å²) in [6.07, 6.45) is 7.14. The van der Waals surface area contributed by atoms with E-state index >= 15 is 0 Å². The average Bonchev–Trinajstić information content (AvgIpc) is 3.34. The number of nitrogens with zero attached hydrogens (tertiary/aromatic N) is 4. The van der Waals surface area contributed by atoms with Crippen molar-refractivity contribution in [3.8, 4) is 5.69 Å². The molecule has 2 saturated heterocycles. The molecule has 2 aliphatic rings. The predicted octanol–water partition coefficient (Wildman–Crippen LogP) is 2.39. The first-order chi connectivity index (χ1) is 14.6. The largest absolute Gasteiger partial charge is 0.378 e. The molecule has 1 amide bonds. The number of carbonyl (C=O) groups excluding carboxylic acids is 1. The van der Waals surface area contributed by atoms with E-state index in [2.05, 4.69) is 22.4 Å². The highest BCUT2D eigenvalue weighted by atomic mass is 19.1. The third-order valence-corrected chi connectivity index (χ3v) is 6.39. The second-order valence-electron chi connectivity index (χ2n) is 8.23. The number of hydrogen-bond donors (Lipinski definition) is 1. The van der Waals surface area contributed by atoms with Crippen LogP contribution in [0.15, 0.2) is 42.9 Å². The van der Waals surface area contributed by atoms with Crippen LogP contribution in [-0.4, -0.2) is 70.2 Å². The molecule has 30 heavy (non-hydrogen) atoms. The minimum atomic E-state index is -0.467. The third-order valence-electron chi connectivity index (χ3n) is 6.39. The van der Waals surface area contributed by atoms with Crippen LogP contribution in [0.2, 0.25) is 0 Å². The number of alkyl halides is 1. The van der Waals surface area contributed by atoms with Gasteiger partial charge in [0.15, 0.2) is 0 Å². The van der Waals surface area contributed by atoms with Gasteiger partial charge in [0.05, 0.1) is 42.7 Å². The summed E-state index contributed by atoms with van der Waals surface area (Å²) >= 11 is 0. The van der Waals surface area contributed by atoms with Crippen molar-refractivity contribution in [1.29, 1.82) is 0 Å². The van der Waals surface area contributed by atoms with Crippen molar-refractivity contribution in [3.63, 3.8) is 0 Å². The standard InChI is InChI=1S/C22H26FN5O2/c1-26-16-8-15(9-17(26)14-30-13-16)25-22(29)20-12-28(21-5-3-2-4-19(20)21)18-10-24-27(11-18)7-6-23/h2-5,10-12,15-17H,6-9,13-14H2,1H3,(H,25,29). The zero-order chi connectivity index (χ0) is 20.7. The van der Waals surface area contributed by atoms with Gasteiger partial charge in [0.1, 0.15) is 6.67 Å². The zero-order valence-electron chi connectivity index (χ0n) is 17.0. The number of piperidine rings is 1. The van der Waals surface area contributed by atoms with Gasteiger partial charge in [-0.05, 0) is 26.0 Å². The Bertz CT molecular complexity index is 1050. The van der Waals surface area contributed by atoms with Crippen LogP contribution in [0.1, 0.15) is 23.2 Å². The lowest BCUT2D eigenvalue weighted by molar-refractivity contribution is -0.0670. The van der Waals surface area contributed by atoms with E-state index in [1.807, 2.05) is 35.0 Å². The molecule has 7 nitrogen and oxygen atoms in total. The fraction of sp³-hybridized carbons (Fsp3) is 0.455. The van der Waals surface area contributed by atoms with E-state index in [4.69, 9.17) is 4.74 Å². The Morgan fingerprint density at radius 3 is 2.77 bits per heavy atom. The number of amides is 1. The van der Waals surface area contributed by atoms with E-state index < -0.39 is 6.67 Å². The molecule has 3 aromatic rings. The quantitative estimate of drug-likeness (QED) is 0.700. The van der Waals surface area contributed by atoms with E-state index in [1.165, 1.54) is 0 Å². The molecular weight excluding hydrogens is 385 g/mol. The van der Waals surface area contributed by atoms with Gasteiger partial charge in [0, 0.05) is 35.9 Å². The molecule has 0 spiro atoms. The minimum absolute atomic E-state index is 0.0605. The maximum Gasteiger partial charge on any atom is 0.253 e. The predicted molar refractivity (Wildman–Crippen MR) is 112 cm³/mol. The zero-order valence-corrected chi connectivity index (χ0v) is 17.0. The number of para-hydroxylation sites is 1. The van der Waals surface area contributed by atoms with Crippen LogP contribution < -0.4 is 5.32 Å². The lowest BCUT2D eigenvalue weighted by Gasteiger charge is -2.46. The molecule has 2 unspecified atom stereocenters. The highest BCUT2D eigenvalue weighted by Crippen LogP contribution is 2.28. The van der Waals surface area contributed by atoms with Crippen molar-refractivity contribution in [1.82, 2.24) is 24.6 Å². The van der Waals surface area contributed by atoms with Crippen LogP contribution in [0, 0.1) is 0 Å². The van der Waals surface area contributed by atoms with E-state index in [9.17, 15) is 9.18 Å². The average molecular weight is 411 g/mol. The maximum absolute atomic E-state index is 13.2. The monoisotopic (exact) mass is 411 g/mol. The molecule has 2 aliphatic heterocycles. The summed E-state index contributed by atoms with van der Waals surface area (Å²) < 4.78 is 21.9. The van der Waals surface area contributed by atoms with Gasteiger partial charge in [-0.3, -0.25) is 14.4 Å². The number of aryl methyl sites for hydroxylation is 1. The lowest BCUT2D eigenvalue weighted by Crippen LogP contribution is -2.59. The SMILES string of the molecule is CN1C2COCC1CC(NC(=O)c1cn(-c3cnn(CCF)c3)c3ccccc13)C2. The molecule has 8 heteroatoms. The first-order valence-electron chi connectivity index (χ1n) is 10.4. The fourth-order valence-corrected chi connectivity index (χ4v) is 4.74. The second-order valence-corrected chi connectivity index (χ2v) is 8.23. The van der Waals surface area contributed by atoms with Crippen LogP contribution in [0.25, 0.3) is 16.6 Å². The van der Waals surface area contributed by atoms with Crippen LogP contribution in [0.3, 0.4) is 0 Å². The van der Waals surface area contributed by atoms with Gasteiger partial charge in [0.2, 0.25) is 0 Å². The molecule has 2 aromatic heterocycles. The summed E-state index contributed by atoms with van der Waals surface area (Å²) in [5.41, 5.74) is 2.38. The van der Waals surface area contributed by atoms with Gasteiger partial charge < -0.3 is 14.6 Å². The number of ether oxygens (including phenoxy) is 1. The Labute approximate surface area is 174 Å². The molecule has 0 aliphatic carbocycles. The highest BCUT2D eigenvalue weighted by Gasteiger charge is 2.37. The number of nitrogens with one attached hydrogen (secondary N) is 1. The van der Waals surface area contributed by atoms with Crippen LogP contribution >= 0.6 is 0 Å². The Balaban J connectivity index is 1.42. The van der Waals surface area contributed by atoms with Gasteiger partial charge >= 0.3 is 0 Å². The number of morpholine rings is 1. The summed E-state index contributed by atoms with van der Waals surface area (Å²) in [5.74, 6) is -0.0605. The van der Waals surface area contributed by atoms with Gasteiger partial charge in [-0.25, -0.2) is 4.39 Å². The molecular formula is C22H26FN5O2. The number of carbonyl (C=O) groups is 1. The van der Waals surface area contributed by atoms with Crippen molar-refractivity contribution >= 4 is 16.8 Å². The number of likely N-dealkylation sites (N-methyl/N-ethyl adjacent to an activating group) is 1. The number of halogens is 1. The molecule has 1 N–H and O–H groups in total. The number of fused-ring (bicyclic) bond motifs is 3. The lowest BCUT2D eigenvalue weighted by atomic mass is 9.90. The summed E-state index contributed by atoms with van der Waals surface area (Å²) in [7, 11) is 2.15. The molecule has 5 rings (SSSR count). The third kappa shape index (κ3) is 3.40. The van der Waals surface area contributed by atoms with E-state index in [0.717, 1.165) is 42.6 Å². The van der Waals surface area contributed by atoms with Crippen LogP contribution in [0.4, 0.5) is 4.39 Å². The van der Waals surface area contributed by atoms with Gasteiger partial charge in [-0.15, -0.1) is 0 Å². The minimum Gasteiger partial charge on any atom is -0.378 e. The Morgan fingerprint density at radius 1 is 1.23 bits per heavy atom. The highest BCUT2D eigenvalue weighted by molar-refractivity contribution is 6.07. The molecule has 2 bridgehead atoms. The van der Waals surface area contributed by atoms with Gasteiger partial charge in [-0.2, -0.15) is 5.10 Å². The van der Waals surface area contributed by atoms with E-state index in [-0.39, 0.29) is 18.5 Å². The molecule has 1 aromatic carbocycles. The molecule has 0 saturated carbocycles. The van der Waals surface area contributed by atoms with E-state index in [0.29, 0.717) is 17.6 Å². The number of benzene rings is 1. The topological polar surface area (TPSA) is 64.3 Å². The first kappa shape index (κ1) is 19.3. The van der Waals surface area contributed by atoms with E-state index in [1.54, 1.807) is 17.1 Å². The number of aromatic nitrogens is 3. The molecule has 4 heterocycles. The first-order valence-corrected chi connectivity index (χ1v) is 10.4. The van der Waals surface area contributed by atoms with Crippen molar-refractivity contribution in [2.75, 3.05) is 26.9 Å². The molecule has 158 valence electrons. The molecule has 2 atom stereocenters. The van der Waals surface area contributed by atoms with Crippen LogP contribution in [0.5, 0.6) is 0 Å². The Kier molecular flexibility index (Phi) is 5.04. The van der Waals surface area contributed by atoms with Crippen molar-refractivity contribution < 1.29 is 13.9 Å². The summed E-state index contributed by atoms with van der Waals surface area (Å²) in [6.45, 7) is 1.20. The smallest absolute Gasteiger partial charge is 0.253 e. The summed E-state index contributed by atoms with van der Waals surface area (Å²) in [4.78, 5) is 15.6. The normalized spacial score (nSPS) is 24.3. The van der Waals surface area contributed by atoms with Crippen molar-refractivity contribution in [2.24, 2.45) is 0 Å². The van der Waals surface area contributed by atoms with Gasteiger partial charge in [0.25, 0.3) is 5.91 Å². The second kappa shape index (κ2) is 7.85. The van der Waals surface area contributed by atoms with Gasteiger partial charge in [-0.1, -0.05) is 18.2 Å². The Hall–Kier alpha value is -2.71. The fourth-order valence-electron chi connectivity index (χ4n) is 4.74. The van der Waals surface area contributed by atoms with Crippen molar-refractivity contribution in [3.05, 3.63) is 48.4 Å². The Morgan fingerprint density at radius 2 is 2.00 bits per heavy atom. The summed E-state index contributed by atoms with van der Waals surface area (Å²) in [6, 6.07) is 8.68. The van der Waals surface area contributed by atoms with Crippen LogP contribution in [-0.2, 0) is 11.3 Å². The number of rotatable bonds is 5. The molecule has 2 fully saturated rings. The summed E-state index contributed by atoms with van der Waals surface area (Å²) in [5, 5.41) is 8.37. The van der Waals surface area contributed by atoms with Crippen molar-refractivity contribution in [2.45, 2.75) is 37.5 Å².